The Hall–Kier alpha value is -0.0000000000000000555. The van der Waals surface area contributed by atoms with Crippen LogP contribution in [-0.4, -0.2) is 15.5 Å². The second kappa shape index (κ2) is 3.81. The van der Waals surface area contributed by atoms with Crippen molar-refractivity contribution in [3.8, 4) is 0 Å². The van der Waals surface area contributed by atoms with E-state index >= 15 is 0 Å². The first-order valence-corrected chi connectivity index (χ1v) is 8.43. The zero-order valence-corrected chi connectivity index (χ0v) is 8.82. The molecule has 0 saturated carbocycles. The molecule has 4 heteroatoms. The van der Waals surface area contributed by atoms with Gasteiger partial charge in [-0.05, 0) is 0 Å². The predicted molar refractivity (Wildman–Crippen MR) is 52.7 cm³/mol. The van der Waals surface area contributed by atoms with Crippen LogP contribution >= 0.6 is 19.8 Å². The Morgan fingerprint density at radius 3 is 2.67 bits per heavy atom. The van der Waals surface area contributed by atoms with Gasteiger partial charge in [0.15, 0.2) is 0 Å². The summed E-state index contributed by atoms with van der Waals surface area (Å²) in [5, 5.41) is 0. The average molecular weight is 290 g/mol. The van der Waals surface area contributed by atoms with E-state index in [1.54, 1.807) is 4.08 Å². The molecule has 0 aromatic heterocycles. The van der Waals surface area contributed by atoms with Crippen molar-refractivity contribution in [1.82, 2.24) is 0 Å². The van der Waals surface area contributed by atoms with Crippen LogP contribution in [0.15, 0.2) is 21.8 Å². The summed E-state index contributed by atoms with van der Waals surface area (Å²) in [6.45, 7) is 0. The maximum absolute atomic E-state index is 12.1. The van der Waals surface area contributed by atoms with E-state index in [9.17, 15) is 13.2 Å². The molecule has 0 fully saturated rings. The number of hydrogen-bond acceptors (Lipinski definition) is 0. The molecule has 1 aliphatic heterocycles. The van der Waals surface area contributed by atoms with Crippen molar-refractivity contribution in [3.05, 3.63) is 21.8 Å². The molecule has 0 aromatic rings. The van der Waals surface area contributed by atoms with Crippen LogP contribution in [0.25, 0.3) is 0 Å². The third kappa shape index (κ3) is 2.80. The normalized spacial score (nSPS) is 22.0. The van der Waals surface area contributed by atoms with Crippen LogP contribution in [0, 0.1) is 0 Å². The Bertz CT molecular complexity index is 215. The van der Waals surface area contributed by atoms with Gasteiger partial charge in [0.1, 0.15) is 0 Å². The molecule has 1 rings (SSSR count). The monoisotopic (exact) mass is 290 g/mol. The number of rotatable bonds is 0. The summed E-state index contributed by atoms with van der Waals surface area (Å²) in [6.07, 6.45) is -1.02. The number of allylic oxidation sites excluding steroid dienone is 3. The van der Waals surface area contributed by atoms with Crippen molar-refractivity contribution in [1.29, 1.82) is 0 Å². The molecule has 0 aliphatic carbocycles. The molecule has 0 saturated heterocycles. The summed E-state index contributed by atoms with van der Waals surface area (Å²) >= 11 is -1.14. The van der Waals surface area contributed by atoms with Crippen LogP contribution in [0.5, 0.6) is 0 Å². The van der Waals surface area contributed by atoms with Crippen molar-refractivity contribution in [3.63, 3.8) is 0 Å². The molecule has 0 aromatic carbocycles. The van der Waals surface area contributed by atoms with Gasteiger partial charge in [-0.2, -0.15) is 0 Å². The van der Waals surface area contributed by atoms with Gasteiger partial charge in [-0.15, -0.1) is 0 Å². The van der Waals surface area contributed by atoms with Crippen LogP contribution in [0.3, 0.4) is 0 Å². The zero-order chi connectivity index (χ0) is 9.19. The molecule has 0 unspecified atom stereocenters. The van der Waals surface area contributed by atoms with Crippen LogP contribution < -0.4 is 0 Å². The van der Waals surface area contributed by atoms with Gasteiger partial charge in [0, 0.05) is 0 Å². The Kier molecular flexibility index (Phi) is 3.20. The molecule has 70 valence electrons. The summed E-state index contributed by atoms with van der Waals surface area (Å²) in [4.78, 5) is 2.08. The van der Waals surface area contributed by atoms with Crippen LogP contribution in [0.2, 0.25) is 0 Å². The molecule has 0 amide bonds. The first kappa shape index (κ1) is 10.1. The average Bonchev–Trinajstić information content (AvgIpc) is 2.11. The molecule has 1 aliphatic rings. The Balaban J connectivity index is 2.77. The number of hydrogen-bond donors (Lipinski definition) is 0. The maximum atomic E-state index is 12.1. The van der Waals surface area contributed by atoms with E-state index in [1.807, 2.05) is 0 Å². The van der Waals surface area contributed by atoms with Crippen molar-refractivity contribution < 1.29 is 13.2 Å². The molecule has 0 radical (unpaired) electrons. The fraction of sp³-hybridized carbons (Fsp3) is 0.500. The summed E-state index contributed by atoms with van der Waals surface area (Å²) in [5.74, 6) is 0. The number of halogens is 4. The van der Waals surface area contributed by atoms with E-state index in [2.05, 4.69) is 4.93 Å². The van der Waals surface area contributed by atoms with Crippen LogP contribution in [0.1, 0.15) is 6.42 Å². The quantitative estimate of drug-likeness (QED) is 0.473. The van der Waals surface area contributed by atoms with E-state index < -0.39 is 31.6 Å². The van der Waals surface area contributed by atoms with Gasteiger partial charge < -0.3 is 0 Å². The molecular weight excluding hydrogens is 280 g/mol. The van der Waals surface area contributed by atoms with Gasteiger partial charge >= 0.3 is 76.8 Å². The van der Waals surface area contributed by atoms with E-state index in [4.69, 9.17) is 0 Å². The summed E-state index contributed by atoms with van der Waals surface area (Å²) in [7, 11) is 0. The first-order valence-electron chi connectivity index (χ1n) is 3.50. The van der Waals surface area contributed by atoms with Gasteiger partial charge in [-0.25, -0.2) is 0 Å². The van der Waals surface area contributed by atoms with Crippen molar-refractivity contribution in [2.75, 3.05) is 9.36 Å². The molecule has 0 atom stereocenters. The van der Waals surface area contributed by atoms with Crippen molar-refractivity contribution in [2.45, 2.75) is 12.6 Å². The van der Waals surface area contributed by atoms with Gasteiger partial charge in [0.05, 0.1) is 0 Å². The fourth-order valence-corrected chi connectivity index (χ4v) is 3.55. The van der Waals surface area contributed by atoms with E-state index in [1.165, 1.54) is 12.2 Å². The molecule has 0 N–H and O–H groups in total. The molecule has 12 heavy (non-hydrogen) atoms. The molecule has 0 bridgehead atoms. The second-order valence-electron chi connectivity index (χ2n) is 2.57. The van der Waals surface area contributed by atoms with Gasteiger partial charge in [-0.3, -0.25) is 0 Å². The zero-order valence-electron chi connectivity index (χ0n) is 6.66. The molecule has 0 spiro atoms. The minimum atomic E-state index is -4.15. The Morgan fingerprint density at radius 2 is 2.08 bits per heavy atom. The molecule has 1 heterocycles. The summed E-state index contributed by atoms with van der Waals surface area (Å²) < 4.78 is 39.2. The third-order valence-corrected chi connectivity index (χ3v) is 5.47. The third-order valence-electron chi connectivity index (χ3n) is 1.56. The standard InChI is InChI=1S/C8H10F3I/c1-12-5-2-3-7(4-6-12)8(9,10)11/h3-4,6H,2,5H2,1H3. The predicted octanol–water partition coefficient (Wildman–Crippen LogP) is 3.53. The SMILES string of the molecule is CI1C=CC(C(F)(F)F)=CCC1. The topological polar surface area (TPSA) is 0 Å². The molecular formula is C8H10F3I. The number of alkyl halides is 5. The van der Waals surface area contributed by atoms with E-state index in [-0.39, 0.29) is 0 Å². The Labute approximate surface area is 76.9 Å². The van der Waals surface area contributed by atoms with E-state index in [0.717, 1.165) is 4.43 Å². The van der Waals surface area contributed by atoms with Crippen LogP contribution in [-0.2, 0) is 0 Å². The Morgan fingerprint density at radius 1 is 1.42 bits per heavy atom. The van der Waals surface area contributed by atoms with Crippen molar-refractivity contribution >= 4 is 19.8 Å². The second-order valence-corrected chi connectivity index (χ2v) is 8.02. The van der Waals surface area contributed by atoms with Gasteiger partial charge in [-0.1, -0.05) is 0 Å². The summed E-state index contributed by atoms with van der Waals surface area (Å²) in [5.41, 5.74) is -0.468. The van der Waals surface area contributed by atoms with Crippen molar-refractivity contribution in [2.24, 2.45) is 0 Å². The van der Waals surface area contributed by atoms with Gasteiger partial charge in [0.25, 0.3) is 0 Å². The first-order chi connectivity index (χ1) is 5.50. The fourth-order valence-electron chi connectivity index (χ4n) is 0.899. The van der Waals surface area contributed by atoms with Crippen LogP contribution in [0.4, 0.5) is 13.2 Å². The van der Waals surface area contributed by atoms with Gasteiger partial charge in [0.2, 0.25) is 0 Å². The molecule has 0 nitrogen and oxygen atoms in total. The minimum absolute atomic E-state index is 0.468. The van der Waals surface area contributed by atoms with E-state index in [0.29, 0.717) is 6.42 Å². The summed E-state index contributed by atoms with van der Waals surface area (Å²) in [6, 6.07) is 0.